The molecule has 1 aliphatic rings. The highest BCUT2D eigenvalue weighted by atomic mass is 19.1. The van der Waals surface area contributed by atoms with Crippen LogP contribution in [-0.2, 0) is 0 Å². The molecule has 1 aliphatic carbocycles. The zero-order valence-electron chi connectivity index (χ0n) is 11.1. The van der Waals surface area contributed by atoms with Gasteiger partial charge < -0.3 is 15.2 Å². The van der Waals surface area contributed by atoms with Crippen LogP contribution in [0, 0.1) is 15.9 Å². The molecule has 7 heteroatoms. The number of hydrogen-bond donors (Lipinski definition) is 2. The van der Waals surface area contributed by atoms with E-state index >= 15 is 0 Å². The summed E-state index contributed by atoms with van der Waals surface area (Å²) in [4.78, 5) is 10.1. The number of ether oxygens (including phenoxy) is 1. The van der Waals surface area contributed by atoms with Gasteiger partial charge in [-0.3, -0.25) is 10.1 Å². The molecule has 0 amide bonds. The fourth-order valence-corrected chi connectivity index (χ4v) is 1.69. The maximum absolute atomic E-state index is 13.0. The topological polar surface area (TPSA) is 84.6 Å². The third-order valence-corrected chi connectivity index (χ3v) is 3.01. The summed E-state index contributed by atoms with van der Waals surface area (Å²) >= 11 is 0. The van der Waals surface area contributed by atoms with E-state index in [-0.39, 0.29) is 12.4 Å². The molecule has 1 atom stereocenters. The van der Waals surface area contributed by atoms with Crippen LogP contribution in [0.15, 0.2) is 18.2 Å². The Bertz CT molecular complexity index is 503. The zero-order valence-corrected chi connectivity index (χ0v) is 11.1. The Balaban J connectivity index is 1.96. The lowest BCUT2D eigenvalue weighted by Crippen LogP contribution is -2.43. The van der Waals surface area contributed by atoms with Crippen LogP contribution in [0.4, 0.5) is 10.1 Å². The minimum Gasteiger partial charge on any atom is -0.484 e. The van der Waals surface area contributed by atoms with Gasteiger partial charge in [0.1, 0.15) is 18.0 Å². The maximum Gasteiger partial charge on any atom is 0.313 e. The summed E-state index contributed by atoms with van der Waals surface area (Å²) in [6.07, 6.45) is 2.20. The van der Waals surface area contributed by atoms with Gasteiger partial charge in [-0.15, -0.1) is 0 Å². The molecule has 0 aliphatic heterocycles. The van der Waals surface area contributed by atoms with Crippen LogP contribution >= 0.6 is 0 Å². The van der Waals surface area contributed by atoms with E-state index in [1.54, 1.807) is 6.92 Å². The van der Waals surface area contributed by atoms with E-state index in [4.69, 9.17) is 4.74 Å². The largest absolute Gasteiger partial charge is 0.484 e. The van der Waals surface area contributed by atoms with Crippen LogP contribution in [0.2, 0.25) is 0 Å². The quantitative estimate of drug-likeness (QED) is 0.587. The molecule has 0 aromatic heterocycles. The van der Waals surface area contributed by atoms with Crippen LogP contribution in [0.5, 0.6) is 5.75 Å². The van der Waals surface area contributed by atoms with Crippen molar-refractivity contribution >= 4 is 5.69 Å². The first kappa shape index (κ1) is 14.7. The lowest BCUT2D eigenvalue weighted by atomic mass is 10.1. The second-order valence-corrected chi connectivity index (χ2v) is 5.31. The van der Waals surface area contributed by atoms with Gasteiger partial charge in [0, 0.05) is 12.6 Å². The van der Waals surface area contributed by atoms with Gasteiger partial charge in [0.05, 0.1) is 11.0 Å². The Morgan fingerprint density at radius 3 is 2.90 bits per heavy atom. The first-order valence-corrected chi connectivity index (χ1v) is 6.40. The molecule has 1 fully saturated rings. The summed E-state index contributed by atoms with van der Waals surface area (Å²) in [5, 5.41) is 24.1. The Morgan fingerprint density at radius 2 is 2.30 bits per heavy atom. The van der Waals surface area contributed by atoms with E-state index < -0.39 is 22.0 Å². The molecular formula is C13H17FN2O4. The summed E-state index contributed by atoms with van der Waals surface area (Å²) in [5.74, 6) is -0.755. The molecule has 0 heterocycles. The number of rotatable bonds is 7. The Labute approximate surface area is 115 Å². The summed E-state index contributed by atoms with van der Waals surface area (Å²) in [6, 6.07) is 3.52. The number of benzene rings is 1. The van der Waals surface area contributed by atoms with Gasteiger partial charge in [-0.2, -0.15) is 0 Å². The van der Waals surface area contributed by atoms with Gasteiger partial charge in [0.15, 0.2) is 5.75 Å². The highest BCUT2D eigenvalue weighted by molar-refractivity contribution is 5.46. The first-order valence-electron chi connectivity index (χ1n) is 6.40. The average molecular weight is 284 g/mol. The molecule has 0 bridgehead atoms. The number of hydrogen-bond acceptors (Lipinski definition) is 5. The van der Waals surface area contributed by atoms with Crippen molar-refractivity contribution in [1.29, 1.82) is 0 Å². The van der Waals surface area contributed by atoms with Crippen molar-refractivity contribution in [2.45, 2.75) is 31.4 Å². The number of nitro benzene ring substituents is 1. The van der Waals surface area contributed by atoms with Gasteiger partial charge in [0.2, 0.25) is 0 Å². The van der Waals surface area contributed by atoms with Gasteiger partial charge in [0.25, 0.3) is 0 Å². The number of halogens is 1. The summed E-state index contributed by atoms with van der Waals surface area (Å²) in [7, 11) is 0. The second-order valence-electron chi connectivity index (χ2n) is 5.31. The van der Waals surface area contributed by atoms with E-state index in [1.165, 1.54) is 6.07 Å². The number of nitrogens with zero attached hydrogens (tertiary/aromatic N) is 1. The molecule has 0 spiro atoms. The molecule has 6 nitrogen and oxygen atoms in total. The second kappa shape index (κ2) is 5.72. The van der Waals surface area contributed by atoms with Crippen LogP contribution < -0.4 is 10.1 Å². The standard InChI is InChI=1S/C13H17FN2O4/c1-13(17,7-15-10-3-4-10)8-20-12-5-2-9(14)6-11(12)16(18)19/h2,5-6,10,15,17H,3-4,7-8H2,1H3. The predicted molar refractivity (Wildman–Crippen MR) is 70.2 cm³/mol. The summed E-state index contributed by atoms with van der Waals surface area (Å²) in [5.41, 5.74) is -1.60. The van der Waals surface area contributed by atoms with Crippen molar-refractivity contribution in [1.82, 2.24) is 5.32 Å². The molecule has 2 N–H and O–H groups in total. The van der Waals surface area contributed by atoms with Crippen molar-refractivity contribution < 1.29 is 19.2 Å². The Morgan fingerprint density at radius 1 is 1.60 bits per heavy atom. The molecule has 110 valence electrons. The van der Waals surface area contributed by atoms with Gasteiger partial charge in [-0.1, -0.05) is 0 Å². The number of nitro groups is 1. The fourth-order valence-electron chi connectivity index (χ4n) is 1.69. The normalized spacial score (nSPS) is 17.6. The monoisotopic (exact) mass is 284 g/mol. The third kappa shape index (κ3) is 4.14. The smallest absolute Gasteiger partial charge is 0.313 e. The number of nitrogens with one attached hydrogen (secondary N) is 1. The van der Waals surface area contributed by atoms with Gasteiger partial charge >= 0.3 is 5.69 Å². The van der Waals surface area contributed by atoms with Gasteiger partial charge in [-0.05, 0) is 31.9 Å². The van der Waals surface area contributed by atoms with Crippen LogP contribution in [-0.4, -0.2) is 34.8 Å². The van der Waals surface area contributed by atoms with E-state index in [9.17, 15) is 19.6 Å². The minimum absolute atomic E-state index is 0.0527. The highest BCUT2D eigenvalue weighted by Gasteiger charge is 2.28. The Hall–Kier alpha value is -1.73. The van der Waals surface area contributed by atoms with Crippen molar-refractivity contribution in [3.05, 3.63) is 34.1 Å². The lowest BCUT2D eigenvalue weighted by Gasteiger charge is -2.23. The molecule has 1 unspecified atom stereocenters. The average Bonchev–Trinajstić information content (AvgIpc) is 3.19. The molecule has 1 aromatic carbocycles. The van der Waals surface area contributed by atoms with Crippen molar-refractivity contribution in [3.8, 4) is 5.75 Å². The number of aliphatic hydroxyl groups is 1. The minimum atomic E-state index is -1.15. The Kier molecular flexibility index (Phi) is 4.20. The highest BCUT2D eigenvalue weighted by Crippen LogP contribution is 2.28. The molecule has 0 radical (unpaired) electrons. The zero-order chi connectivity index (χ0) is 14.8. The first-order chi connectivity index (χ1) is 9.37. The van der Waals surface area contributed by atoms with Crippen molar-refractivity contribution in [2.24, 2.45) is 0 Å². The van der Waals surface area contributed by atoms with Crippen molar-refractivity contribution in [2.75, 3.05) is 13.2 Å². The van der Waals surface area contributed by atoms with E-state index in [1.807, 2.05) is 0 Å². The molecule has 20 heavy (non-hydrogen) atoms. The summed E-state index contributed by atoms with van der Waals surface area (Å²) in [6.45, 7) is 1.81. The van der Waals surface area contributed by atoms with Gasteiger partial charge in [-0.25, -0.2) is 4.39 Å². The van der Waals surface area contributed by atoms with E-state index in [2.05, 4.69) is 5.32 Å². The van der Waals surface area contributed by atoms with E-state index in [0.29, 0.717) is 12.6 Å². The molecular weight excluding hydrogens is 267 g/mol. The van der Waals surface area contributed by atoms with E-state index in [0.717, 1.165) is 25.0 Å². The van der Waals surface area contributed by atoms with Crippen molar-refractivity contribution in [3.63, 3.8) is 0 Å². The fraction of sp³-hybridized carbons (Fsp3) is 0.538. The maximum atomic E-state index is 13.0. The third-order valence-electron chi connectivity index (χ3n) is 3.01. The summed E-state index contributed by atoms with van der Waals surface area (Å²) < 4.78 is 18.3. The van der Waals surface area contributed by atoms with Crippen LogP contribution in [0.25, 0.3) is 0 Å². The molecule has 0 saturated heterocycles. The molecule has 1 saturated carbocycles. The molecule has 2 rings (SSSR count). The predicted octanol–water partition coefficient (Wildman–Crippen LogP) is 1.62. The molecule has 1 aromatic rings. The SMILES string of the molecule is CC(O)(CNC1CC1)COc1ccc(F)cc1[N+](=O)[O-]. The lowest BCUT2D eigenvalue weighted by molar-refractivity contribution is -0.386. The van der Waals surface area contributed by atoms with Crippen LogP contribution in [0.3, 0.4) is 0 Å². The van der Waals surface area contributed by atoms with Crippen LogP contribution in [0.1, 0.15) is 19.8 Å².